The van der Waals surface area contributed by atoms with Crippen molar-refractivity contribution in [1.29, 1.82) is 0 Å². The summed E-state index contributed by atoms with van der Waals surface area (Å²) in [5, 5.41) is 9.68. The van der Waals surface area contributed by atoms with Gasteiger partial charge in [0.25, 0.3) is 5.56 Å². The fraction of sp³-hybridized carbons (Fsp3) is 0.148. The van der Waals surface area contributed by atoms with Crippen molar-refractivity contribution in [3.05, 3.63) is 94.5 Å². The second kappa shape index (κ2) is 8.96. The third-order valence-electron chi connectivity index (χ3n) is 6.16. The zero-order valence-corrected chi connectivity index (χ0v) is 20.3. The quantitative estimate of drug-likeness (QED) is 0.382. The summed E-state index contributed by atoms with van der Waals surface area (Å²) in [5.74, 6) is -1.06. The maximum atomic E-state index is 12.7. The third kappa shape index (κ3) is 4.79. The molecular formula is C27H24N2O5S. The van der Waals surface area contributed by atoms with Gasteiger partial charge in [-0.15, -0.1) is 0 Å². The van der Waals surface area contributed by atoms with Crippen LogP contribution in [0.15, 0.2) is 77.9 Å². The van der Waals surface area contributed by atoms with Crippen molar-refractivity contribution < 1.29 is 18.3 Å². The molecule has 8 heteroatoms. The number of aromatic nitrogens is 2. The van der Waals surface area contributed by atoms with Crippen molar-refractivity contribution in [2.45, 2.75) is 18.6 Å². The number of nitrogens with zero attached hydrogens (tertiary/aromatic N) is 1. The van der Waals surface area contributed by atoms with Crippen molar-refractivity contribution in [3.63, 3.8) is 0 Å². The fourth-order valence-electron chi connectivity index (χ4n) is 3.81. The number of aromatic amines is 1. The van der Waals surface area contributed by atoms with Crippen LogP contribution in [0.2, 0.25) is 0 Å². The van der Waals surface area contributed by atoms with Crippen LogP contribution < -0.4 is 5.56 Å². The summed E-state index contributed by atoms with van der Waals surface area (Å²) in [6, 6.07) is 16.0. The van der Waals surface area contributed by atoms with Crippen LogP contribution in [0.25, 0.3) is 39.2 Å². The molecule has 35 heavy (non-hydrogen) atoms. The van der Waals surface area contributed by atoms with Crippen LogP contribution in [0.1, 0.15) is 25.0 Å². The highest BCUT2D eigenvalue weighted by Gasteiger charge is 2.33. The van der Waals surface area contributed by atoms with Crippen LogP contribution >= 0.6 is 0 Å². The Bertz CT molecular complexity index is 1650. The number of carboxylic acid groups (broad SMARTS) is 1. The van der Waals surface area contributed by atoms with Gasteiger partial charge in [0.1, 0.15) is 0 Å². The first-order chi connectivity index (χ1) is 16.5. The van der Waals surface area contributed by atoms with E-state index in [0.29, 0.717) is 38.9 Å². The minimum atomic E-state index is -3.42. The van der Waals surface area contributed by atoms with E-state index >= 15 is 0 Å². The number of carboxylic acids is 1. The number of fused-ring (bicyclic) bond motifs is 1. The molecule has 0 saturated heterocycles. The third-order valence-corrected chi connectivity index (χ3v) is 8.25. The van der Waals surface area contributed by atoms with Crippen LogP contribution in [0.3, 0.4) is 0 Å². The molecule has 0 saturated carbocycles. The average molecular weight is 489 g/mol. The van der Waals surface area contributed by atoms with Crippen LogP contribution in [-0.2, 0) is 19.4 Å². The van der Waals surface area contributed by atoms with Gasteiger partial charge in [0.05, 0.1) is 10.3 Å². The van der Waals surface area contributed by atoms with E-state index in [2.05, 4.69) is 9.97 Å². The lowest BCUT2D eigenvalue weighted by Crippen LogP contribution is -2.28. The number of nitrogens with one attached hydrogen (secondary N) is 1. The molecule has 2 N–H and O–H groups in total. The number of benzene rings is 2. The summed E-state index contributed by atoms with van der Waals surface area (Å²) >= 11 is 0. The second-order valence-corrected chi connectivity index (χ2v) is 11.4. The molecule has 0 aliphatic heterocycles. The standard InChI is InChI=1S/C27H24N2O5S/c1-27(2,35(3,33)34)21-13-19-8-5-11-28-25(19)22(15-21)20-14-23(26(32)29-16-20)18-7-4-6-17(12-18)9-10-24(30)31/h4-16H,1-3H3,(H,29,32)(H,30,31)/b10-9+. The first kappa shape index (κ1) is 24.1. The molecule has 2 aromatic carbocycles. The van der Waals surface area contributed by atoms with Gasteiger partial charge in [-0.05, 0) is 66.9 Å². The van der Waals surface area contributed by atoms with Crippen LogP contribution in [0.4, 0.5) is 0 Å². The Morgan fingerprint density at radius 1 is 1.03 bits per heavy atom. The molecule has 0 radical (unpaired) electrons. The average Bonchev–Trinajstić information content (AvgIpc) is 2.82. The molecule has 0 amide bonds. The van der Waals surface area contributed by atoms with E-state index in [1.165, 1.54) is 12.3 Å². The fourth-order valence-corrected chi connectivity index (χ4v) is 4.35. The first-order valence-corrected chi connectivity index (χ1v) is 12.7. The predicted octanol–water partition coefficient (Wildman–Crippen LogP) is 4.63. The Labute approximate surface area is 202 Å². The van der Waals surface area contributed by atoms with Crippen molar-refractivity contribution in [3.8, 4) is 22.3 Å². The summed E-state index contributed by atoms with van der Waals surface area (Å²) in [5.41, 5.74) is 3.99. The molecule has 2 heterocycles. The van der Waals surface area contributed by atoms with Gasteiger partial charge >= 0.3 is 5.97 Å². The highest BCUT2D eigenvalue weighted by molar-refractivity contribution is 7.91. The molecule has 4 aromatic rings. The van der Waals surface area contributed by atoms with Gasteiger partial charge < -0.3 is 10.1 Å². The van der Waals surface area contributed by atoms with E-state index in [0.717, 1.165) is 11.5 Å². The van der Waals surface area contributed by atoms with Gasteiger partial charge in [0, 0.05) is 46.8 Å². The predicted molar refractivity (Wildman–Crippen MR) is 138 cm³/mol. The number of pyridine rings is 2. The van der Waals surface area contributed by atoms with E-state index in [1.807, 2.05) is 12.1 Å². The van der Waals surface area contributed by atoms with E-state index < -0.39 is 20.6 Å². The van der Waals surface area contributed by atoms with Crippen LogP contribution in [0, 0.1) is 0 Å². The van der Waals surface area contributed by atoms with Gasteiger partial charge in [0.15, 0.2) is 9.84 Å². The summed E-state index contributed by atoms with van der Waals surface area (Å²) in [7, 11) is -3.42. The molecule has 0 bridgehead atoms. The second-order valence-electron chi connectivity index (χ2n) is 8.81. The van der Waals surface area contributed by atoms with Gasteiger partial charge in [-0.1, -0.05) is 24.3 Å². The van der Waals surface area contributed by atoms with Gasteiger partial charge in [-0.25, -0.2) is 13.2 Å². The topological polar surface area (TPSA) is 117 Å². The summed E-state index contributed by atoms with van der Waals surface area (Å²) in [6.07, 6.45) is 6.95. The van der Waals surface area contributed by atoms with Gasteiger partial charge in [0.2, 0.25) is 0 Å². The normalized spacial score (nSPS) is 12.3. The zero-order chi connectivity index (χ0) is 25.4. The number of hydrogen-bond donors (Lipinski definition) is 2. The molecule has 0 unspecified atom stereocenters. The van der Waals surface area contributed by atoms with E-state index in [1.54, 1.807) is 68.7 Å². The lowest BCUT2D eigenvalue weighted by molar-refractivity contribution is -0.131. The minimum Gasteiger partial charge on any atom is -0.478 e. The maximum Gasteiger partial charge on any atom is 0.328 e. The number of carbonyl (C=O) groups is 1. The highest BCUT2D eigenvalue weighted by atomic mass is 32.2. The van der Waals surface area contributed by atoms with Crippen molar-refractivity contribution in [2.24, 2.45) is 0 Å². The SMILES string of the molecule is CC(C)(c1cc(-c2c[nH]c(=O)c(-c3cccc(/C=C/C(=O)O)c3)c2)c2ncccc2c1)S(C)(=O)=O. The van der Waals surface area contributed by atoms with Crippen LogP contribution in [0.5, 0.6) is 0 Å². The molecule has 2 aromatic heterocycles. The minimum absolute atomic E-state index is 0.307. The Morgan fingerprint density at radius 2 is 1.80 bits per heavy atom. The molecule has 0 aliphatic rings. The summed E-state index contributed by atoms with van der Waals surface area (Å²) in [6.45, 7) is 3.33. The molecule has 7 nitrogen and oxygen atoms in total. The lowest BCUT2D eigenvalue weighted by atomic mass is 9.93. The summed E-state index contributed by atoms with van der Waals surface area (Å²) in [4.78, 5) is 30.9. The van der Waals surface area contributed by atoms with Crippen molar-refractivity contribution in [1.82, 2.24) is 9.97 Å². The Balaban J connectivity index is 1.93. The Hall–Kier alpha value is -4.04. The monoisotopic (exact) mass is 488 g/mol. The molecule has 0 fully saturated rings. The number of sulfone groups is 1. The molecule has 0 aliphatic carbocycles. The van der Waals surface area contributed by atoms with E-state index in [9.17, 15) is 18.0 Å². The number of aliphatic carboxylic acids is 1. The molecule has 178 valence electrons. The molecule has 4 rings (SSSR count). The smallest absolute Gasteiger partial charge is 0.328 e. The molecule has 0 spiro atoms. The highest BCUT2D eigenvalue weighted by Crippen LogP contribution is 2.36. The zero-order valence-electron chi connectivity index (χ0n) is 19.4. The van der Waals surface area contributed by atoms with Gasteiger partial charge in [-0.3, -0.25) is 9.78 Å². The number of rotatable bonds is 6. The Kier molecular flexibility index (Phi) is 6.17. The van der Waals surface area contributed by atoms with Crippen LogP contribution in [-0.4, -0.2) is 35.7 Å². The molecule has 0 atom stereocenters. The van der Waals surface area contributed by atoms with Gasteiger partial charge in [-0.2, -0.15) is 0 Å². The number of H-pyrrole nitrogens is 1. The van der Waals surface area contributed by atoms with E-state index in [-0.39, 0.29) is 5.56 Å². The largest absolute Gasteiger partial charge is 0.478 e. The summed E-state index contributed by atoms with van der Waals surface area (Å²) < 4.78 is 23.9. The number of hydrogen-bond acceptors (Lipinski definition) is 5. The maximum absolute atomic E-state index is 12.7. The Morgan fingerprint density at radius 3 is 2.51 bits per heavy atom. The first-order valence-electron chi connectivity index (χ1n) is 10.8. The van der Waals surface area contributed by atoms with E-state index in [4.69, 9.17) is 5.11 Å². The van der Waals surface area contributed by atoms with Crippen molar-refractivity contribution in [2.75, 3.05) is 6.26 Å². The lowest BCUT2D eigenvalue weighted by Gasteiger charge is -2.24. The molecular weight excluding hydrogens is 464 g/mol. The van der Waals surface area contributed by atoms with Crippen molar-refractivity contribution >= 4 is 32.8 Å².